The van der Waals surface area contributed by atoms with Crippen molar-refractivity contribution in [3.63, 3.8) is 0 Å². The number of alkyl halides is 3. The molecule has 0 unspecified atom stereocenters. The van der Waals surface area contributed by atoms with Gasteiger partial charge in [0.25, 0.3) is 0 Å². The van der Waals surface area contributed by atoms with Crippen LogP contribution in [-0.4, -0.2) is 36.1 Å². The first-order valence-electron chi connectivity index (χ1n) is 10.4. The average Bonchev–Trinajstić information content (AvgIpc) is 3.24. The molecule has 3 N–H and O–H groups in total. The third kappa shape index (κ3) is 4.87. The Morgan fingerprint density at radius 2 is 1.97 bits per heavy atom. The number of hydrogen-bond acceptors (Lipinski definition) is 8. The summed E-state index contributed by atoms with van der Waals surface area (Å²) >= 11 is 1.25. The Hall–Kier alpha value is -3.12. The molecule has 4 rings (SSSR count). The van der Waals surface area contributed by atoms with Gasteiger partial charge in [-0.15, -0.1) is 11.3 Å². The number of aliphatic carboxylic acids is 1. The maximum absolute atomic E-state index is 12.9. The third-order valence-electron chi connectivity index (χ3n) is 5.96. The van der Waals surface area contributed by atoms with Crippen molar-refractivity contribution in [1.29, 1.82) is 0 Å². The number of pyridine rings is 1. The van der Waals surface area contributed by atoms with Crippen LogP contribution < -0.4 is 5.32 Å². The highest BCUT2D eigenvalue weighted by atomic mass is 32.1. The molecule has 0 radical (unpaired) electrons. The predicted octanol–water partition coefficient (Wildman–Crippen LogP) is 4.86. The zero-order valence-corrected chi connectivity index (χ0v) is 19.1. The second-order valence-corrected chi connectivity index (χ2v) is 10.0. The zero-order valence-electron chi connectivity index (χ0n) is 18.3. The number of carboxylic acids is 1. The van der Waals surface area contributed by atoms with E-state index in [2.05, 4.69) is 25.3 Å². The number of carboxylic acid groups (broad SMARTS) is 1. The summed E-state index contributed by atoms with van der Waals surface area (Å²) in [6, 6.07) is 5.79. The van der Waals surface area contributed by atoms with E-state index < -0.39 is 34.8 Å². The van der Waals surface area contributed by atoms with Crippen molar-refractivity contribution in [2.45, 2.75) is 44.9 Å². The second-order valence-electron chi connectivity index (χ2n) is 8.98. The summed E-state index contributed by atoms with van der Waals surface area (Å²) in [5, 5.41) is 24.0. The monoisotopic (exact) mass is 493 g/mol. The molecule has 34 heavy (non-hydrogen) atoms. The van der Waals surface area contributed by atoms with Gasteiger partial charge >= 0.3 is 12.1 Å². The number of halogens is 3. The van der Waals surface area contributed by atoms with Crippen molar-refractivity contribution in [3.8, 4) is 10.6 Å². The molecule has 0 aliphatic heterocycles. The molecule has 0 bridgehead atoms. The molecule has 1 saturated carbocycles. The summed E-state index contributed by atoms with van der Waals surface area (Å²) in [7, 11) is 0. The van der Waals surface area contributed by atoms with Gasteiger partial charge in [-0.05, 0) is 36.8 Å². The fourth-order valence-electron chi connectivity index (χ4n) is 4.34. The molecule has 8 nitrogen and oxygen atoms in total. The van der Waals surface area contributed by atoms with Crippen molar-refractivity contribution >= 4 is 28.9 Å². The molecule has 2 atom stereocenters. The fourth-order valence-corrected chi connectivity index (χ4v) is 5.34. The van der Waals surface area contributed by atoms with Gasteiger partial charge in [-0.2, -0.15) is 13.2 Å². The van der Waals surface area contributed by atoms with Crippen LogP contribution in [-0.2, 0) is 16.6 Å². The minimum atomic E-state index is -4.59. The lowest BCUT2D eigenvalue weighted by Crippen LogP contribution is -2.44. The van der Waals surface area contributed by atoms with Crippen molar-refractivity contribution in [1.82, 2.24) is 19.9 Å². The van der Waals surface area contributed by atoms with Gasteiger partial charge in [-0.3, -0.25) is 4.79 Å². The number of aliphatic hydroxyl groups is 1. The van der Waals surface area contributed by atoms with Crippen LogP contribution in [0.25, 0.3) is 10.6 Å². The molecule has 0 aromatic carbocycles. The quantitative estimate of drug-likeness (QED) is 0.461. The van der Waals surface area contributed by atoms with E-state index in [1.54, 1.807) is 24.4 Å². The maximum atomic E-state index is 12.9. The third-order valence-corrected chi connectivity index (χ3v) is 7.17. The van der Waals surface area contributed by atoms with Crippen LogP contribution in [0.2, 0.25) is 0 Å². The Bertz CT molecular complexity index is 1220. The first kappa shape index (κ1) is 24.0. The van der Waals surface area contributed by atoms with Crippen LogP contribution in [0.3, 0.4) is 0 Å². The number of carbonyl (C=O) groups is 1. The van der Waals surface area contributed by atoms with E-state index in [1.807, 2.05) is 13.8 Å². The molecule has 3 aromatic heterocycles. The van der Waals surface area contributed by atoms with Crippen LogP contribution in [0.5, 0.6) is 0 Å². The second kappa shape index (κ2) is 8.58. The Labute approximate surface area is 197 Å². The standard InChI is InChI=1S/C22H22F3N5O3S/c1-20(2)10-21(33,7-6-12(20)18(31)32)19-26-9-14(34-19)13-4-3-5-16(29-13)30-17-8-15(22(23,24)25)27-11-28-17/h3-5,8-9,11-12,33H,6-7,10H2,1-2H3,(H,31,32)(H,27,28,29,30)/t12-,21-/m0/s1. The summed E-state index contributed by atoms with van der Waals surface area (Å²) in [6.45, 7) is 3.66. The SMILES string of the molecule is CC1(C)C[C@](O)(c2ncc(-c3cccc(Nc4cc(C(F)(F)F)ncn4)n3)s2)CC[C@H]1C(=O)O. The normalized spacial score (nSPS) is 22.4. The topological polar surface area (TPSA) is 121 Å². The van der Waals surface area contributed by atoms with E-state index in [0.717, 1.165) is 12.4 Å². The Morgan fingerprint density at radius 3 is 2.65 bits per heavy atom. The van der Waals surface area contributed by atoms with Crippen LogP contribution in [0.15, 0.2) is 36.8 Å². The van der Waals surface area contributed by atoms with Crippen LogP contribution in [0, 0.1) is 11.3 Å². The molecular weight excluding hydrogens is 471 g/mol. The Morgan fingerprint density at radius 1 is 1.21 bits per heavy atom. The van der Waals surface area contributed by atoms with Crippen molar-refractivity contribution < 1.29 is 28.2 Å². The van der Waals surface area contributed by atoms with Gasteiger partial charge in [0.05, 0.1) is 16.5 Å². The molecule has 180 valence electrons. The number of aromatic nitrogens is 4. The molecule has 1 aliphatic carbocycles. The Kier molecular flexibility index (Phi) is 6.06. The number of anilines is 2. The predicted molar refractivity (Wildman–Crippen MR) is 118 cm³/mol. The smallest absolute Gasteiger partial charge is 0.433 e. The van der Waals surface area contributed by atoms with Gasteiger partial charge in [0.15, 0.2) is 0 Å². The van der Waals surface area contributed by atoms with Crippen LogP contribution >= 0.6 is 11.3 Å². The number of nitrogens with one attached hydrogen (secondary N) is 1. The van der Waals surface area contributed by atoms with Gasteiger partial charge in [-0.1, -0.05) is 19.9 Å². The largest absolute Gasteiger partial charge is 0.481 e. The number of rotatable bonds is 5. The van der Waals surface area contributed by atoms with E-state index in [-0.39, 0.29) is 24.5 Å². The molecule has 0 spiro atoms. The Balaban J connectivity index is 1.55. The van der Waals surface area contributed by atoms with Crippen LogP contribution in [0.4, 0.5) is 24.8 Å². The van der Waals surface area contributed by atoms with E-state index in [9.17, 15) is 28.2 Å². The summed E-state index contributed by atoms with van der Waals surface area (Å²) < 4.78 is 38.7. The molecular formula is C22H22F3N5O3S. The van der Waals surface area contributed by atoms with Crippen LogP contribution in [0.1, 0.15) is 43.8 Å². The van der Waals surface area contributed by atoms with Gasteiger partial charge in [0.1, 0.15) is 34.3 Å². The average molecular weight is 494 g/mol. The number of thiazole rings is 1. The summed E-state index contributed by atoms with van der Waals surface area (Å²) in [5.41, 5.74) is -2.41. The highest BCUT2D eigenvalue weighted by molar-refractivity contribution is 7.15. The number of hydrogen-bond donors (Lipinski definition) is 3. The van der Waals surface area contributed by atoms with Gasteiger partial charge in [0, 0.05) is 12.3 Å². The summed E-state index contributed by atoms with van der Waals surface area (Å²) in [4.78, 5) is 28.1. The highest BCUT2D eigenvalue weighted by Crippen LogP contribution is 2.50. The van der Waals surface area contributed by atoms with Gasteiger partial charge in [-0.25, -0.2) is 19.9 Å². The lowest BCUT2D eigenvalue weighted by Gasteiger charge is -2.44. The van der Waals surface area contributed by atoms with E-state index in [1.165, 1.54) is 11.3 Å². The zero-order chi connectivity index (χ0) is 24.7. The van der Waals surface area contributed by atoms with Crippen molar-refractivity contribution in [2.75, 3.05) is 5.32 Å². The lowest BCUT2D eigenvalue weighted by atomic mass is 9.63. The van der Waals surface area contributed by atoms with E-state index in [4.69, 9.17) is 0 Å². The number of nitrogens with zero attached hydrogens (tertiary/aromatic N) is 4. The minimum Gasteiger partial charge on any atom is -0.481 e. The van der Waals surface area contributed by atoms with Gasteiger partial charge < -0.3 is 15.5 Å². The maximum Gasteiger partial charge on any atom is 0.433 e. The lowest BCUT2D eigenvalue weighted by molar-refractivity contribution is -0.154. The van der Waals surface area contributed by atoms with E-state index in [0.29, 0.717) is 22.0 Å². The first-order valence-corrected chi connectivity index (χ1v) is 11.2. The first-order chi connectivity index (χ1) is 15.9. The molecule has 3 aromatic rings. The molecule has 3 heterocycles. The van der Waals surface area contributed by atoms with Crippen molar-refractivity contribution in [3.05, 3.63) is 47.5 Å². The molecule has 1 fully saturated rings. The molecule has 1 aliphatic rings. The molecule has 0 saturated heterocycles. The summed E-state index contributed by atoms with van der Waals surface area (Å²) in [6.07, 6.45) is -1.31. The minimum absolute atomic E-state index is 0.0521. The van der Waals surface area contributed by atoms with Gasteiger partial charge in [0.2, 0.25) is 0 Å². The van der Waals surface area contributed by atoms with Crippen molar-refractivity contribution in [2.24, 2.45) is 11.3 Å². The van der Waals surface area contributed by atoms with E-state index >= 15 is 0 Å². The molecule has 0 amide bonds. The highest BCUT2D eigenvalue weighted by Gasteiger charge is 2.49. The molecule has 12 heteroatoms. The fraction of sp³-hybridized carbons (Fsp3) is 0.409. The summed E-state index contributed by atoms with van der Waals surface area (Å²) in [5.74, 6) is -1.19.